The van der Waals surface area contributed by atoms with Crippen LogP contribution in [0.2, 0.25) is 0 Å². The molecule has 1 heterocycles. The lowest BCUT2D eigenvalue weighted by atomic mass is 9.95. The van der Waals surface area contributed by atoms with Crippen molar-refractivity contribution in [3.63, 3.8) is 0 Å². The molecule has 0 radical (unpaired) electrons. The van der Waals surface area contributed by atoms with E-state index < -0.39 is 6.04 Å². The predicted octanol–water partition coefficient (Wildman–Crippen LogP) is 3.31. The molecule has 2 N–H and O–H groups in total. The van der Waals surface area contributed by atoms with E-state index in [-0.39, 0.29) is 18.1 Å². The van der Waals surface area contributed by atoms with Crippen molar-refractivity contribution < 1.29 is 9.59 Å². The minimum atomic E-state index is -0.538. The van der Waals surface area contributed by atoms with E-state index in [0.29, 0.717) is 5.56 Å². The van der Waals surface area contributed by atoms with E-state index in [1.165, 1.54) is 0 Å². The summed E-state index contributed by atoms with van der Waals surface area (Å²) < 4.78 is 0. The second-order valence-corrected chi connectivity index (χ2v) is 5.73. The van der Waals surface area contributed by atoms with Gasteiger partial charge in [-0.25, -0.2) is 0 Å². The molecule has 1 aliphatic heterocycles. The first-order chi connectivity index (χ1) is 10.5. The minimum absolute atomic E-state index is 0.00139. The number of hydrogen-bond acceptors (Lipinski definition) is 3. The monoisotopic (exact) mass is 294 g/mol. The largest absolute Gasteiger partial charge is 0.373 e. The summed E-state index contributed by atoms with van der Waals surface area (Å²) in [6, 6.07) is 12.7. The van der Waals surface area contributed by atoms with Gasteiger partial charge in [-0.15, -0.1) is 0 Å². The number of carbonyl (C=O) groups is 2. The molecule has 3 rings (SSSR count). The highest BCUT2D eigenvalue weighted by Gasteiger charge is 2.29. The molecule has 0 saturated heterocycles. The molecule has 112 valence electrons. The molecular weight excluding hydrogens is 276 g/mol. The third-order valence-electron chi connectivity index (χ3n) is 3.83. The zero-order valence-electron chi connectivity index (χ0n) is 12.6. The Balaban J connectivity index is 1.76. The first-order valence-electron chi connectivity index (χ1n) is 7.31. The van der Waals surface area contributed by atoms with Gasteiger partial charge in [0.15, 0.2) is 5.78 Å². The number of aryl methyl sites for hydroxylation is 2. The molecule has 0 saturated carbocycles. The standard InChI is InChI=1S/C18H18N2O2/c1-11-3-6-13(7-4-11)19-18(22)16-10-17(21)14-9-12(2)5-8-15(14)20-16/h3-9,16,20H,10H2,1-2H3,(H,19,22)/t16-/m1/s1. The Morgan fingerprint density at radius 3 is 2.50 bits per heavy atom. The number of benzene rings is 2. The average Bonchev–Trinajstić information content (AvgIpc) is 2.50. The van der Waals surface area contributed by atoms with Crippen LogP contribution in [0, 0.1) is 13.8 Å². The highest BCUT2D eigenvalue weighted by atomic mass is 16.2. The van der Waals surface area contributed by atoms with Gasteiger partial charge in [0.25, 0.3) is 0 Å². The Labute approximate surface area is 129 Å². The summed E-state index contributed by atoms with van der Waals surface area (Å²) in [5, 5.41) is 6.00. The minimum Gasteiger partial charge on any atom is -0.373 e. The number of Topliss-reactive ketones (excluding diaryl/α,β-unsaturated/α-hetero) is 1. The van der Waals surface area contributed by atoms with Gasteiger partial charge in [0.2, 0.25) is 5.91 Å². The Morgan fingerprint density at radius 2 is 1.77 bits per heavy atom. The normalized spacial score (nSPS) is 16.6. The summed E-state index contributed by atoms with van der Waals surface area (Å²) >= 11 is 0. The highest BCUT2D eigenvalue weighted by Crippen LogP contribution is 2.26. The van der Waals surface area contributed by atoms with Crippen LogP contribution in [0.3, 0.4) is 0 Å². The van der Waals surface area contributed by atoms with Crippen molar-refractivity contribution >= 4 is 23.1 Å². The lowest BCUT2D eigenvalue weighted by Gasteiger charge is -2.25. The van der Waals surface area contributed by atoms with E-state index in [1.54, 1.807) is 0 Å². The second-order valence-electron chi connectivity index (χ2n) is 5.73. The van der Waals surface area contributed by atoms with Gasteiger partial charge >= 0.3 is 0 Å². The van der Waals surface area contributed by atoms with Crippen molar-refractivity contribution in [2.75, 3.05) is 10.6 Å². The first kappa shape index (κ1) is 14.3. The Morgan fingerprint density at radius 1 is 1.09 bits per heavy atom. The van der Waals surface area contributed by atoms with Crippen LogP contribution in [0.1, 0.15) is 27.9 Å². The van der Waals surface area contributed by atoms with Gasteiger partial charge in [0, 0.05) is 23.4 Å². The summed E-state index contributed by atoms with van der Waals surface area (Å²) in [5.41, 5.74) is 4.30. The van der Waals surface area contributed by atoms with E-state index in [0.717, 1.165) is 22.5 Å². The third kappa shape index (κ3) is 2.86. The molecule has 0 spiro atoms. The number of nitrogens with one attached hydrogen (secondary N) is 2. The van der Waals surface area contributed by atoms with Gasteiger partial charge in [-0.1, -0.05) is 29.3 Å². The van der Waals surface area contributed by atoms with Crippen LogP contribution < -0.4 is 10.6 Å². The fourth-order valence-corrected chi connectivity index (χ4v) is 2.57. The molecule has 4 heteroatoms. The van der Waals surface area contributed by atoms with Crippen molar-refractivity contribution in [3.05, 3.63) is 59.2 Å². The SMILES string of the molecule is Cc1ccc(NC(=O)[C@H]2CC(=O)c3cc(C)ccc3N2)cc1. The fraction of sp³-hybridized carbons (Fsp3) is 0.222. The van der Waals surface area contributed by atoms with Crippen LogP contribution in [-0.2, 0) is 4.79 Å². The van der Waals surface area contributed by atoms with Crippen LogP contribution in [0.15, 0.2) is 42.5 Å². The molecule has 1 aliphatic rings. The van der Waals surface area contributed by atoms with Gasteiger partial charge in [0.05, 0.1) is 0 Å². The summed E-state index contributed by atoms with van der Waals surface area (Å²) in [6.07, 6.45) is 0.175. The molecule has 2 aromatic carbocycles. The Kier molecular flexibility index (Phi) is 3.67. The van der Waals surface area contributed by atoms with E-state index in [4.69, 9.17) is 0 Å². The molecule has 0 aromatic heterocycles. The number of ketones is 1. The van der Waals surface area contributed by atoms with Crippen LogP contribution in [0.5, 0.6) is 0 Å². The van der Waals surface area contributed by atoms with Gasteiger partial charge < -0.3 is 10.6 Å². The summed E-state index contributed by atoms with van der Waals surface area (Å²) in [5.74, 6) is -0.190. The average molecular weight is 294 g/mol. The van der Waals surface area contributed by atoms with Crippen molar-refractivity contribution in [1.82, 2.24) is 0 Å². The van der Waals surface area contributed by atoms with Crippen molar-refractivity contribution in [2.45, 2.75) is 26.3 Å². The van der Waals surface area contributed by atoms with E-state index in [2.05, 4.69) is 10.6 Å². The summed E-state index contributed by atoms with van der Waals surface area (Å²) in [7, 11) is 0. The molecule has 1 amide bonds. The van der Waals surface area contributed by atoms with Crippen molar-refractivity contribution in [3.8, 4) is 0 Å². The van der Waals surface area contributed by atoms with Gasteiger partial charge in [0.1, 0.15) is 6.04 Å². The van der Waals surface area contributed by atoms with Gasteiger partial charge in [-0.05, 0) is 38.1 Å². The topological polar surface area (TPSA) is 58.2 Å². The molecule has 0 aliphatic carbocycles. The molecule has 0 unspecified atom stereocenters. The van der Waals surface area contributed by atoms with Crippen LogP contribution >= 0.6 is 0 Å². The fourth-order valence-electron chi connectivity index (χ4n) is 2.57. The van der Waals surface area contributed by atoms with Gasteiger partial charge in [-0.2, -0.15) is 0 Å². The maximum absolute atomic E-state index is 12.3. The van der Waals surface area contributed by atoms with Crippen LogP contribution in [0.4, 0.5) is 11.4 Å². The van der Waals surface area contributed by atoms with Crippen LogP contribution in [-0.4, -0.2) is 17.7 Å². The van der Waals surface area contributed by atoms with Crippen LogP contribution in [0.25, 0.3) is 0 Å². The maximum atomic E-state index is 12.3. The molecule has 0 fully saturated rings. The quantitative estimate of drug-likeness (QED) is 0.893. The second kappa shape index (κ2) is 5.64. The summed E-state index contributed by atoms with van der Waals surface area (Å²) in [4.78, 5) is 24.6. The number of amides is 1. The van der Waals surface area contributed by atoms with E-state index in [9.17, 15) is 9.59 Å². The molecule has 0 bridgehead atoms. The highest BCUT2D eigenvalue weighted by molar-refractivity contribution is 6.09. The van der Waals surface area contributed by atoms with Crippen molar-refractivity contribution in [1.29, 1.82) is 0 Å². The molecule has 2 aromatic rings. The Bertz CT molecular complexity index is 735. The smallest absolute Gasteiger partial charge is 0.247 e. The van der Waals surface area contributed by atoms with Gasteiger partial charge in [-0.3, -0.25) is 9.59 Å². The Hall–Kier alpha value is -2.62. The molecular formula is C18H18N2O2. The van der Waals surface area contributed by atoms with E-state index >= 15 is 0 Å². The number of carbonyl (C=O) groups excluding carboxylic acids is 2. The number of anilines is 2. The third-order valence-corrected chi connectivity index (χ3v) is 3.83. The number of rotatable bonds is 2. The molecule has 1 atom stereocenters. The van der Waals surface area contributed by atoms with E-state index in [1.807, 2.05) is 56.3 Å². The maximum Gasteiger partial charge on any atom is 0.247 e. The molecule has 4 nitrogen and oxygen atoms in total. The predicted molar refractivity (Wildman–Crippen MR) is 87.3 cm³/mol. The number of hydrogen-bond donors (Lipinski definition) is 2. The zero-order chi connectivity index (χ0) is 15.7. The summed E-state index contributed by atoms with van der Waals surface area (Å²) in [6.45, 7) is 3.94. The van der Waals surface area contributed by atoms with Crippen molar-refractivity contribution in [2.24, 2.45) is 0 Å². The molecule has 22 heavy (non-hydrogen) atoms. The number of fused-ring (bicyclic) bond motifs is 1. The lowest BCUT2D eigenvalue weighted by Crippen LogP contribution is -2.39. The first-order valence-corrected chi connectivity index (χ1v) is 7.31. The zero-order valence-corrected chi connectivity index (χ0v) is 12.6. The lowest BCUT2D eigenvalue weighted by molar-refractivity contribution is -0.116.